The number of amides is 1. The Hall–Kier alpha value is -2.81. The summed E-state index contributed by atoms with van der Waals surface area (Å²) in [6, 6.07) is 16.2. The van der Waals surface area contributed by atoms with Gasteiger partial charge in [-0.1, -0.05) is 47.9 Å². The predicted octanol–water partition coefficient (Wildman–Crippen LogP) is 4.62. The van der Waals surface area contributed by atoms with Crippen LogP contribution in [0.2, 0.25) is 5.02 Å². The molecule has 2 rings (SSSR count). The van der Waals surface area contributed by atoms with Crippen molar-refractivity contribution in [3.05, 3.63) is 70.7 Å². The molecule has 0 saturated heterocycles. The molecular formula is C23H24ClNO4. The van der Waals surface area contributed by atoms with E-state index in [9.17, 15) is 14.7 Å². The van der Waals surface area contributed by atoms with Crippen molar-refractivity contribution in [2.75, 3.05) is 6.54 Å². The van der Waals surface area contributed by atoms with Gasteiger partial charge < -0.3 is 14.7 Å². The summed E-state index contributed by atoms with van der Waals surface area (Å²) >= 11 is 5.86. The Labute approximate surface area is 176 Å². The average molecular weight is 414 g/mol. The predicted molar refractivity (Wildman–Crippen MR) is 113 cm³/mol. The minimum atomic E-state index is -1.12. The molecule has 2 aromatic rings. The minimum Gasteiger partial charge on any atom is -0.465 e. The van der Waals surface area contributed by atoms with Crippen LogP contribution in [0.1, 0.15) is 31.9 Å². The van der Waals surface area contributed by atoms with Crippen molar-refractivity contribution in [3.8, 4) is 11.8 Å². The maximum Gasteiger partial charge on any atom is 0.407 e. The van der Waals surface area contributed by atoms with Gasteiger partial charge in [0.25, 0.3) is 0 Å². The second kappa shape index (κ2) is 10.1. The molecule has 0 heterocycles. The van der Waals surface area contributed by atoms with Gasteiger partial charge in [-0.05, 0) is 56.5 Å². The number of Topliss-reactive ketones (excluding diaryl/α,β-unsaturated/α-hetero) is 1. The highest BCUT2D eigenvalue weighted by Crippen LogP contribution is 2.16. The lowest BCUT2D eigenvalue weighted by molar-refractivity contribution is -0.127. The number of ether oxygens (including phenoxy) is 1. The molecule has 6 heteroatoms. The molecule has 29 heavy (non-hydrogen) atoms. The first-order valence-electron chi connectivity index (χ1n) is 9.14. The Morgan fingerprint density at radius 3 is 2.28 bits per heavy atom. The highest BCUT2D eigenvalue weighted by atomic mass is 35.5. The molecule has 1 amide bonds. The zero-order chi connectivity index (χ0) is 21.4. The molecule has 5 nitrogen and oxygen atoms in total. The molecular weight excluding hydrogens is 390 g/mol. The number of ketones is 1. The number of halogens is 1. The largest absolute Gasteiger partial charge is 0.465 e. The highest BCUT2D eigenvalue weighted by Gasteiger charge is 2.31. The molecule has 1 N–H and O–H groups in total. The van der Waals surface area contributed by atoms with Crippen LogP contribution in [0.3, 0.4) is 0 Å². The van der Waals surface area contributed by atoms with Crippen molar-refractivity contribution in [2.45, 2.75) is 39.0 Å². The standard InChI is InChI=1S/C23H24ClNO4/c1-23(2,3)25(22(27)28)15-21(29-16-18-7-5-4-6-8-18)20(26)14-11-17-9-12-19(24)13-10-17/h4-10,12-13,21H,15-16H2,1-3H3,(H,27,28). The summed E-state index contributed by atoms with van der Waals surface area (Å²) in [4.78, 5) is 25.6. The van der Waals surface area contributed by atoms with E-state index in [0.29, 0.717) is 10.6 Å². The number of hydrogen-bond donors (Lipinski definition) is 1. The van der Waals surface area contributed by atoms with Crippen molar-refractivity contribution in [1.29, 1.82) is 0 Å². The summed E-state index contributed by atoms with van der Waals surface area (Å²) in [5.41, 5.74) is 0.827. The molecule has 0 bridgehead atoms. The Bertz CT molecular complexity index is 892. The first kappa shape index (κ1) is 22.5. The topological polar surface area (TPSA) is 66.8 Å². The van der Waals surface area contributed by atoms with Gasteiger partial charge in [0.2, 0.25) is 5.78 Å². The third-order valence-electron chi connectivity index (χ3n) is 4.15. The molecule has 152 valence electrons. The summed E-state index contributed by atoms with van der Waals surface area (Å²) < 4.78 is 5.80. The molecule has 0 radical (unpaired) electrons. The van der Waals surface area contributed by atoms with Gasteiger partial charge in [-0.25, -0.2) is 4.79 Å². The van der Waals surface area contributed by atoms with Gasteiger partial charge >= 0.3 is 6.09 Å². The van der Waals surface area contributed by atoms with Gasteiger partial charge in [-0.2, -0.15) is 0 Å². The summed E-state index contributed by atoms with van der Waals surface area (Å²) in [7, 11) is 0. The van der Waals surface area contributed by atoms with E-state index >= 15 is 0 Å². The Balaban J connectivity index is 2.21. The van der Waals surface area contributed by atoms with Crippen LogP contribution in [0.15, 0.2) is 54.6 Å². The van der Waals surface area contributed by atoms with E-state index in [4.69, 9.17) is 16.3 Å². The average Bonchev–Trinajstić information content (AvgIpc) is 2.67. The van der Waals surface area contributed by atoms with Crippen LogP contribution in [0.4, 0.5) is 4.79 Å². The quantitative estimate of drug-likeness (QED) is 0.701. The van der Waals surface area contributed by atoms with E-state index in [1.807, 2.05) is 30.3 Å². The third kappa shape index (κ3) is 7.26. The van der Waals surface area contributed by atoms with E-state index in [0.717, 1.165) is 5.56 Å². The van der Waals surface area contributed by atoms with Gasteiger partial charge in [-0.15, -0.1) is 0 Å². The van der Waals surface area contributed by atoms with E-state index in [1.165, 1.54) is 4.90 Å². The van der Waals surface area contributed by atoms with E-state index < -0.39 is 23.5 Å². The third-order valence-corrected chi connectivity index (χ3v) is 4.40. The van der Waals surface area contributed by atoms with E-state index in [1.54, 1.807) is 45.0 Å². The molecule has 2 aromatic carbocycles. The normalized spacial score (nSPS) is 11.9. The highest BCUT2D eigenvalue weighted by molar-refractivity contribution is 6.30. The fourth-order valence-corrected chi connectivity index (χ4v) is 2.66. The van der Waals surface area contributed by atoms with E-state index in [2.05, 4.69) is 11.8 Å². The number of hydrogen-bond acceptors (Lipinski definition) is 3. The summed E-state index contributed by atoms with van der Waals surface area (Å²) in [6.07, 6.45) is -2.13. The Kier molecular flexibility index (Phi) is 7.83. The smallest absolute Gasteiger partial charge is 0.407 e. The molecule has 1 atom stereocenters. The van der Waals surface area contributed by atoms with Crippen molar-refractivity contribution >= 4 is 23.5 Å². The maximum atomic E-state index is 12.7. The summed E-state index contributed by atoms with van der Waals surface area (Å²) in [6.45, 7) is 5.36. The zero-order valence-corrected chi connectivity index (χ0v) is 17.4. The molecule has 0 aliphatic carbocycles. The van der Waals surface area contributed by atoms with Gasteiger partial charge in [-0.3, -0.25) is 4.79 Å². The minimum absolute atomic E-state index is 0.111. The molecule has 0 aliphatic rings. The molecule has 0 aromatic heterocycles. The number of carboxylic acid groups (broad SMARTS) is 1. The molecule has 0 saturated carbocycles. The first-order valence-corrected chi connectivity index (χ1v) is 9.52. The maximum absolute atomic E-state index is 12.7. The van der Waals surface area contributed by atoms with Crippen molar-refractivity contribution in [2.24, 2.45) is 0 Å². The summed E-state index contributed by atoms with van der Waals surface area (Å²) in [5.74, 6) is 4.88. The van der Waals surface area contributed by atoms with Gasteiger partial charge in [0.15, 0.2) is 0 Å². The fourth-order valence-electron chi connectivity index (χ4n) is 2.53. The van der Waals surface area contributed by atoms with Gasteiger partial charge in [0.1, 0.15) is 6.10 Å². The number of rotatable bonds is 6. The Morgan fingerprint density at radius 2 is 1.72 bits per heavy atom. The molecule has 0 spiro atoms. The first-order chi connectivity index (χ1) is 13.7. The molecule has 1 unspecified atom stereocenters. The molecule has 0 aliphatic heterocycles. The number of carbonyl (C=O) groups is 2. The number of nitrogens with zero attached hydrogens (tertiary/aromatic N) is 1. The van der Waals surface area contributed by atoms with Crippen LogP contribution < -0.4 is 0 Å². The van der Waals surface area contributed by atoms with Crippen LogP contribution >= 0.6 is 11.6 Å². The lowest BCUT2D eigenvalue weighted by Gasteiger charge is -2.35. The van der Waals surface area contributed by atoms with Crippen molar-refractivity contribution < 1.29 is 19.4 Å². The monoisotopic (exact) mass is 413 g/mol. The van der Waals surface area contributed by atoms with Crippen LogP contribution in [0.5, 0.6) is 0 Å². The van der Waals surface area contributed by atoms with Gasteiger partial charge in [0, 0.05) is 16.1 Å². The lowest BCUT2D eigenvalue weighted by atomic mass is 10.0. The summed E-state index contributed by atoms with van der Waals surface area (Å²) in [5, 5.41) is 10.1. The van der Waals surface area contributed by atoms with E-state index in [-0.39, 0.29) is 13.2 Å². The second-order valence-corrected chi connectivity index (χ2v) is 7.91. The second-order valence-electron chi connectivity index (χ2n) is 7.47. The van der Waals surface area contributed by atoms with Gasteiger partial charge in [0.05, 0.1) is 13.2 Å². The van der Waals surface area contributed by atoms with Crippen molar-refractivity contribution in [1.82, 2.24) is 4.90 Å². The zero-order valence-electron chi connectivity index (χ0n) is 16.7. The van der Waals surface area contributed by atoms with Crippen molar-refractivity contribution in [3.63, 3.8) is 0 Å². The molecule has 0 fully saturated rings. The van der Waals surface area contributed by atoms with Crippen LogP contribution in [0.25, 0.3) is 0 Å². The van der Waals surface area contributed by atoms with Crippen LogP contribution in [-0.2, 0) is 16.1 Å². The lowest BCUT2D eigenvalue weighted by Crippen LogP contribution is -2.50. The number of carbonyl (C=O) groups excluding carboxylic acids is 1. The Morgan fingerprint density at radius 1 is 1.10 bits per heavy atom. The fraction of sp³-hybridized carbons (Fsp3) is 0.304. The number of benzene rings is 2. The van der Waals surface area contributed by atoms with Crippen LogP contribution in [0, 0.1) is 11.8 Å². The van der Waals surface area contributed by atoms with Crippen LogP contribution in [-0.4, -0.2) is 40.1 Å². The SMILES string of the molecule is CC(C)(C)N(CC(OCc1ccccc1)C(=O)C#Cc1ccc(Cl)cc1)C(=O)O.